The molecule has 3 aromatic carbocycles. The third-order valence-electron chi connectivity index (χ3n) is 8.19. The van der Waals surface area contributed by atoms with Gasteiger partial charge in [-0.3, -0.25) is 19.2 Å². The lowest BCUT2D eigenvalue weighted by Crippen LogP contribution is -2.58. The molecule has 0 saturated carbocycles. The van der Waals surface area contributed by atoms with Crippen molar-refractivity contribution >= 4 is 36.2 Å². The standard InChI is InChI=1S/C37H51BN6O6/c1-25(2)20-32(36(47)42-31(18-9-10-19-39)35(46)41-24-28-16-11-17-29(21-28)38(49)50)44-37(48)33(23-27-14-7-4-8-15-27)43-34(45)30(40)22-26-12-5-3-6-13-26/h3-8,11-17,21,25,30-33,49-50H,9-10,18-20,22-24,39-40H2,1-2H3,(H,41,46)(H,42,47)(H,43,45)(H,44,48)/t30-,31-,32-,33-/m1/s1. The maximum Gasteiger partial charge on any atom is 0.488 e. The summed E-state index contributed by atoms with van der Waals surface area (Å²) in [6.45, 7) is 4.36. The number of rotatable bonds is 20. The van der Waals surface area contributed by atoms with E-state index in [4.69, 9.17) is 11.5 Å². The molecule has 0 bridgehead atoms. The molecule has 0 saturated heterocycles. The van der Waals surface area contributed by atoms with Crippen molar-refractivity contribution in [3.63, 3.8) is 0 Å². The molecule has 50 heavy (non-hydrogen) atoms. The van der Waals surface area contributed by atoms with Crippen LogP contribution in [-0.4, -0.2) is 71.5 Å². The van der Waals surface area contributed by atoms with Crippen LogP contribution in [0.15, 0.2) is 84.9 Å². The fourth-order valence-electron chi connectivity index (χ4n) is 5.48. The van der Waals surface area contributed by atoms with Crippen LogP contribution in [0.2, 0.25) is 0 Å². The molecule has 0 aliphatic carbocycles. The molecule has 268 valence electrons. The molecule has 10 N–H and O–H groups in total. The topological polar surface area (TPSA) is 209 Å². The van der Waals surface area contributed by atoms with Gasteiger partial charge in [0.1, 0.15) is 18.1 Å². The van der Waals surface area contributed by atoms with E-state index >= 15 is 0 Å². The van der Waals surface area contributed by atoms with Gasteiger partial charge in [-0.25, -0.2) is 0 Å². The third-order valence-corrected chi connectivity index (χ3v) is 8.19. The van der Waals surface area contributed by atoms with E-state index in [1.807, 2.05) is 74.5 Å². The van der Waals surface area contributed by atoms with E-state index in [9.17, 15) is 29.2 Å². The number of carbonyl (C=O) groups excluding carboxylic acids is 4. The number of carbonyl (C=O) groups is 4. The maximum atomic E-state index is 13.9. The second-order valence-corrected chi connectivity index (χ2v) is 12.9. The summed E-state index contributed by atoms with van der Waals surface area (Å²) in [5.74, 6) is -2.00. The largest absolute Gasteiger partial charge is 0.488 e. The fourth-order valence-corrected chi connectivity index (χ4v) is 5.48. The Morgan fingerprint density at radius 2 is 1.24 bits per heavy atom. The highest BCUT2D eigenvalue weighted by Crippen LogP contribution is 2.11. The summed E-state index contributed by atoms with van der Waals surface area (Å²) in [5, 5.41) is 30.3. The van der Waals surface area contributed by atoms with Gasteiger partial charge in [0.2, 0.25) is 23.6 Å². The average molecular weight is 687 g/mol. The van der Waals surface area contributed by atoms with Crippen LogP contribution in [0.25, 0.3) is 0 Å². The molecule has 0 fully saturated rings. The number of nitrogens with two attached hydrogens (primary N) is 2. The molecule has 4 amide bonds. The van der Waals surface area contributed by atoms with Crippen molar-refractivity contribution < 1.29 is 29.2 Å². The van der Waals surface area contributed by atoms with Crippen LogP contribution in [0, 0.1) is 5.92 Å². The maximum absolute atomic E-state index is 13.9. The van der Waals surface area contributed by atoms with Crippen molar-refractivity contribution in [2.75, 3.05) is 6.54 Å². The predicted octanol–water partition coefficient (Wildman–Crippen LogP) is 0.425. The Labute approximate surface area is 294 Å². The van der Waals surface area contributed by atoms with Gasteiger partial charge in [-0.15, -0.1) is 0 Å². The zero-order valence-corrected chi connectivity index (χ0v) is 28.9. The van der Waals surface area contributed by atoms with E-state index in [0.29, 0.717) is 31.4 Å². The summed E-state index contributed by atoms with van der Waals surface area (Å²) >= 11 is 0. The smallest absolute Gasteiger partial charge is 0.423 e. The van der Waals surface area contributed by atoms with Crippen LogP contribution in [0.5, 0.6) is 0 Å². The van der Waals surface area contributed by atoms with Gasteiger partial charge in [0.15, 0.2) is 0 Å². The number of benzene rings is 3. The van der Waals surface area contributed by atoms with E-state index in [0.717, 1.165) is 11.1 Å². The van der Waals surface area contributed by atoms with E-state index in [-0.39, 0.29) is 37.2 Å². The molecular weight excluding hydrogens is 635 g/mol. The van der Waals surface area contributed by atoms with Crippen molar-refractivity contribution in [2.45, 2.75) is 83.1 Å². The monoisotopic (exact) mass is 686 g/mol. The quantitative estimate of drug-likeness (QED) is 0.0616. The molecule has 0 aliphatic heterocycles. The Morgan fingerprint density at radius 1 is 0.680 bits per heavy atom. The van der Waals surface area contributed by atoms with Gasteiger partial charge in [0.05, 0.1) is 6.04 Å². The van der Waals surface area contributed by atoms with Crippen molar-refractivity contribution in [2.24, 2.45) is 17.4 Å². The molecule has 0 radical (unpaired) electrons. The van der Waals surface area contributed by atoms with Gasteiger partial charge in [-0.05, 0) is 66.7 Å². The van der Waals surface area contributed by atoms with Crippen LogP contribution in [-0.2, 0) is 38.6 Å². The lowest BCUT2D eigenvalue weighted by Gasteiger charge is -2.27. The van der Waals surface area contributed by atoms with Gasteiger partial charge in [0, 0.05) is 13.0 Å². The summed E-state index contributed by atoms with van der Waals surface area (Å²) in [7, 11) is -1.64. The highest BCUT2D eigenvalue weighted by Gasteiger charge is 2.31. The summed E-state index contributed by atoms with van der Waals surface area (Å²) < 4.78 is 0. The summed E-state index contributed by atoms with van der Waals surface area (Å²) in [6, 6.07) is 21.3. The van der Waals surface area contributed by atoms with Crippen LogP contribution in [0.3, 0.4) is 0 Å². The number of amides is 4. The Hall–Kier alpha value is -4.56. The molecule has 3 aromatic rings. The first-order valence-electron chi connectivity index (χ1n) is 17.1. The third kappa shape index (κ3) is 13.8. The minimum Gasteiger partial charge on any atom is -0.423 e. The normalized spacial score (nSPS) is 13.4. The number of unbranched alkanes of at least 4 members (excludes halogenated alkanes) is 1. The van der Waals surface area contributed by atoms with Gasteiger partial charge in [0.25, 0.3) is 0 Å². The summed E-state index contributed by atoms with van der Waals surface area (Å²) in [5.41, 5.74) is 14.6. The van der Waals surface area contributed by atoms with Gasteiger partial charge in [-0.2, -0.15) is 0 Å². The summed E-state index contributed by atoms with van der Waals surface area (Å²) in [4.78, 5) is 54.2. The highest BCUT2D eigenvalue weighted by atomic mass is 16.4. The van der Waals surface area contributed by atoms with Gasteiger partial charge < -0.3 is 42.8 Å². The minimum atomic E-state index is -1.64. The van der Waals surface area contributed by atoms with Crippen LogP contribution >= 0.6 is 0 Å². The number of hydrogen-bond acceptors (Lipinski definition) is 8. The summed E-state index contributed by atoms with van der Waals surface area (Å²) in [6.07, 6.45) is 2.29. The second kappa shape index (κ2) is 20.8. The van der Waals surface area contributed by atoms with Crippen molar-refractivity contribution in [3.05, 3.63) is 102 Å². The SMILES string of the molecule is CC(C)C[C@@H](NC(=O)[C@@H](Cc1ccccc1)NC(=O)[C@H](N)Cc1ccccc1)C(=O)N[C@H](CCCCN)C(=O)NCc1cccc(B(O)O)c1. The van der Waals surface area contributed by atoms with Crippen molar-refractivity contribution in [1.29, 1.82) is 0 Å². The molecule has 12 nitrogen and oxygen atoms in total. The van der Waals surface area contributed by atoms with E-state index in [1.165, 1.54) is 0 Å². The second-order valence-electron chi connectivity index (χ2n) is 12.9. The first-order chi connectivity index (χ1) is 24.0. The molecule has 3 rings (SSSR count). The molecule has 13 heteroatoms. The minimum absolute atomic E-state index is 0.00572. The Bertz CT molecular complexity index is 1510. The number of nitrogens with one attached hydrogen (secondary N) is 4. The lowest BCUT2D eigenvalue weighted by molar-refractivity contribution is -0.134. The molecule has 0 heterocycles. The van der Waals surface area contributed by atoms with Crippen LogP contribution in [0.4, 0.5) is 0 Å². The lowest BCUT2D eigenvalue weighted by atomic mass is 9.79. The Balaban J connectivity index is 1.75. The Kier molecular flexibility index (Phi) is 16.6. The molecule has 0 spiro atoms. The average Bonchev–Trinajstić information content (AvgIpc) is 3.10. The van der Waals surface area contributed by atoms with Gasteiger partial charge >= 0.3 is 7.12 Å². The van der Waals surface area contributed by atoms with Gasteiger partial charge in [-0.1, -0.05) is 98.8 Å². The van der Waals surface area contributed by atoms with E-state index in [1.54, 1.807) is 24.3 Å². The van der Waals surface area contributed by atoms with Crippen LogP contribution in [0.1, 0.15) is 56.2 Å². The van der Waals surface area contributed by atoms with Crippen molar-refractivity contribution in [3.8, 4) is 0 Å². The molecule has 0 aromatic heterocycles. The van der Waals surface area contributed by atoms with Crippen molar-refractivity contribution in [1.82, 2.24) is 21.3 Å². The molecule has 0 aliphatic rings. The van der Waals surface area contributed by atoms with E-state index < -0.39 is 54.9 Å². The zero-order chi connectivity index (χ0) is 36.5. The molecular formula is C37H51BN6O6. The zero-order valence-electron chi connectivity index (χ0n) is 28.9. The first kappa shape index (κ1) is 39.9. The van der Waals surface area contributed by atoms with Crippen LogP contribution < -0.4 is 38.2 Å². The predicted molar refractivity (Wildman–Crippen MR) is 195 cm³/mol. The van der Waals surface area contributed by atoms with E-state index in [2.05, 4.69) is 21.3 Å². The molecule has 4 atom stereocenters. The first-order valence-corrected chi connectivity index (χ1v) is 17.1. The molecule has 0 unspecified atom stereocenters. The Morgan fingerprint density at radius 3 is 1.84 bits per heavy atom. The highest BCUT2D eigenvalue weighted by molar-refractivity contribution is 6.58. The fraction of sp³-hybridized carbons (Fsp3) is 0.405. The number of hydrogen-bond donors (Lipinski definition) is 8.